The molecular weight excluding hydrogens is 260 g/mol. The molecule has 0 spiro atoms. The lowest BCUT2D eigenvalue weighted by Gasteiger charge is -2.14. The Morgan fingerprint density at radius 3 is 2.79 bits per heavy atom. The maximum atomic E-state index is 12.1. The van der Waals surface area contributed by atoms with Gasteiger partial charge >= 0.3 is 5.97 Å². The van der Waals surface area contributed by atoms with E-state index in [4.69, 9.17) is 16.3 Å². The molecule has 1 aromatic carbocycles. The number of hydrogen-bond acceptors (Lipinski definition) is 2. The van der Waals surface area contributed by atoms with E-state index in [1.165, 1.54) is 0 Å². The third-order valence-electron chi connectivity index (χ3n) is 3.50. The van der Waals surface area contributed by atoms with Crippen molar-refractivity contribution in [2.45, 2.75) is 32.8 Å². The molecule has 2 atom stereocenters. The smallest absolute Gasteiger partial charge is 0.314 e. The molecule has 0 heterocycles. The number of hydrogen-bond donors (Lipinski definition) is 0. The monoisotopic (exact) mass is 278 g/mol. The molecular formula is C16H19ClO2. The highest BCUT2D eigenvalue weighted by molar-refractivity contribution is 6.31. The Hall–Kier alpha value is -1.28. The number of ether oxygens (including phenoxy) is 1. The molecule has 0 aliphatic heterocycles. The molecule has 0 saturated heterocycles. The van der Waals surface area contributed by atoms with Crippen molar-refractivity contribution in [1.29, 1.82) is 0 Å². The Balaban J connectivity index is 1.92. The minimum Gasteiger partial charge on any atom is -0.460 e. The van der Waals surface area contributed by atoms with Crippen LogP contribution >= 0.6 is 11.6 Å². The van der Waals surface area contributed by atoms with Gasteiger partial charge in [0.25, 0.3) is 0 Å². The third-order valence-corrected chi connectivity index (χ3v) is 3.92. The summed E-state index contributed by atoms with van der Waals surface area (Å²) in [4.78, 5) is 12.1. The molecule has 19 heavy (non-hydrogen) atoms. The second kappa shape index (κ2) is 6.76. The predicted octanol–water partition coefficient (Wildman–Crippen LogP) is 4.29. The van der Waals surface area contributed by atoms with Gasteiger partial charge in [0.2, 0.25) is 0 Å². The van der Waals surface area contributed by atoms with Crippen LogP contribution in [0, 0.1) is 11.8 Å². The molecule has 0 aromatic heterocycles. The van der Waals surface area contributed by atoms with Crippen molar-refractivity contribution < 1.29 is 9.53 Å². The first-order chi connectivity index (χ1) is 9.16. The lowest BCUT2D eigenvalue weighted by Crippen LogP contribution is -2.18. The summed E-state index contributed by atoms with van der Waals surface area (Å²) in [5.74, 6) is 0.0928. The number of rotatable bonds is 3. The second-order valence-electron chi connectivity index (χ2n) is 5.15. The van der Waals surface area contributed by atoms with Crippen LogP contribution in [0.2, 0.25) is 0 Å². The van der Waals surface area contributed by atoms with E-state index in [0.29, 0.717) is 17.6 Å². The van der Waals surface area contributed by atoms with E-state index in [1.807, 2.05) is 36.4 Å². The first-order valence-corrected chi connectivity index (χ1v) is 7.10. The fourth-order valence-corrected chi connectivity index (χ4v) is 2.51. The van der Waals surface area contributed by atoms with E-state index in [-0.39, 0.29) is 11.9 Å². The Labute approximate surface area is 119 Å². The summed E-state index contributed by atoms with van der Waals surface area (Å²) < 4.78 is 5.36. The van der Waals surface area contributed by atoms with E-state index >= 15 is 0 Å². The van der Waals surface area contributed by atoms with Gasteiger partial charge in [-0.15, -0.1) is 0 Å². The van der Waals surface area contributed by atoms with Gasteiger partial charge in [0, 0.05) is 5.03 Å². The highest BCUT2D eigenvalue weighted by Gasteiger charge is 2.26. The van der Waals surface area contributed by atoms with Gasteiger partial charge in [-0.05, 0) is 30.7 Å². The van der Waals surface area contributed by atoms with Gasteiger partial charge in [-0.3, -0.25) is 4.79 Å². The van der Waals surface area contributed by atoms with Crippen LogP contribution in [-0.2, 0) is 16.1 Å². The maximum Gasteiger partial charge on any atom is 0.314 e. The molecule has 0 amide bonds. The van der Waals surface area contributed by atoms with Gasteiger partial charge in [-0.2, -0.15) is 0 Å². The molecule has 1 aliphatic rings. The molecule has 1 aliphatic carbocycles. The van der Waals surface area contributed by atoms with Gasteiger partial charge < -0.3 is 4.74 Å². The first kappa shape index (κ1) is 14.1. The summed E-state index contributed by atoms with van der Waals surface area (Å²) in [6.45, 7) is 2.49. The van der Waals surface area contributed by atoms with Crippen LogP contribution in [0.4, 0.5) is 0 Å². The molecule has 0 saturated carbocycles. The molecule has 3 heteroatoms. The fourth-order valence-electron chi connectivity index (χ4n) is 2.22. The minimum atomic E-state index is -0.282. The zero-order valence-electron chi connectivity index (χ0n) is 11.1. The van der Waals surface area contributed by atoms with Gasteiger partial charge in [0.05, 0.1) is 5.92 Å². The summed E-state index contributed by atoms with van der Waals surface area (Å²) in [6, 6.07) is 9.70. The standard InChI is InChI=1S/C16H19ClO2/c1-12-7-9-14(15(17)10-8-12)16(18)19-11-13-5-3-2-4-6-13/h2-6,10,12,14H,7-9,11H2,1H3. The number of halogens is 1. The Morgan fingerprint density at radius 1 is 1.32 bits per heavy atom. The van der Waals surface area contributed by atoms with Crippen LogP contribution in [0.25, 0.3) is 0 Å². The normalized spacial score (nSPS) is 23.4. The van der Waals surface area contributed by atoms with Gasteiger partial charge in [-0.25, -0.2) is 0 Å². The predicted molar refractivity (Wildman–Crippen MR) is 76.7 cm³/mol. The van der Waals surface area contributed by atoms with Crippen molar-refractivity contribution in [3.8, 4) is 0 Å². The summed E-state index contributed by atoms with van der Waals surface area (Å²) in [7, 11) is 0. The SMILES string of the molecule is CC1CC=C(Cl)C(C(=O)OCc2ccccc2)CC1. The zero-order valence-corrected chi connectivity index (χ0v) is 11.9. The molecule has 2 nitrogen and oxygen atoms in total. The van der Waals surface area contributed by atoms with Crippen molar-refractivity contribution in [1.82, 2.24) is 0 Å². The lowest BCUT2D eigenvalue weighted by molar-refractivity contribution is -0.148. The van der Waals surface area contributed by atoms with Gasteiger partial charge in [0.1, 0.15) is 6.61 Å². The lowest BCUT2D eigenvalue weighted by atomic mass is 9.99. The second-order valence-corrected chi connectivity index (χ2v) is 5.59. The molecule has 0 N–H and O–H groups in total. The van der Waals surface area contributed by atoms with E-state index < -0.39 is 0 Å². The van der Waals surface area contributed by atoms with Crippen LogP contribution in [0.3, 0.4) is 0 Å². The minimum absolute atomic E-state index is 0.209. The molecule has 0 fully saturated rings. The number of carbonyl (C=O) groups excluding carboxylic acids is 1. The van der Waals surface area contributed by atoms with E-state index in [9.17, 15) is 4.79 Å². The van der Waals surface area contributed by atoms with Crippen molar-refractivity contribution >= 4 is 17.6 Å². The van der Waals surface area contributed by atoms with Crippen molar-refractivity contribution in [2.75, 3.05) is 0 Å². The Morgan fingerprint density at radius 2 is 2.05 bits per heavy atom. The highest BCUT2D eigenvalue weighted by Crippen LogP contribution is 2.30. The van der Waals surface area contributed by atoms with E-state index in [2.05, 4.69) is 6.92 Å². The third kappa shape index (κ3) is 4.10. The van der Waals surface area contributed by atoms with Crippen LogP contribution in [-0.4, -0.2) is 5.97 Å². The average molecular weight is 279 g/mol. The highest BCUT2D eigenvalue weighted by atomic mass is 35.5. The largest absolute Gasteiger partial charge is 0.460 e. The van der Waals surface area contributed by atoms with Gasteiger partial charge in [0.15, 0.2) is 0 Å². The van der Waals surface area contributed by atoms with Gasteiger partial charge in [-0.1, -0.05) is 54.9 Å². The first-order valence-electron chi connectivity index (χ1n) is 6.73. The van der Waals surface area contributed by atoms with Crippen molar-refractivity contribution in [3.05, 3.63) is 47.0 Å². The molecule has 2 rings (SSSR count). The van der Waals surface area contributed by atoms with Crippen molar-refractivity contribution in [3.63, 3.8) is 0 Å². The van der Waals surface area contributed by atoms with E-state index in [1.54, 1.807) is 0 Å². The topological polar surface area (TPSA) is 26.3 Å². The quantitative estimate of drug-likeness (QED) is 0.771. The molecule has 0 bridgehead atoms. The Kier molecular flexibility index (Phi) is 5.03. The van der Waals surface area contributed by atoms with Crippen LogP contribution in [0.15, 0.2) is 41.4 Å². The summed E-state index contributed by atoms with van der Waals surface area (Å²) in [5.41, 5.74) is 0.998. The molecule has 102 valence electrons. The number of carbonyl (C=O) groups is 1. The zero-order chi connectivity index (χ0) is 13.7. The molecule has 1 aromatic rings. The molecule has 0 radical (unpaired) electrons. The van der Waals surface area contributed by atoms with Crippen LogP contribution < -0.4 is 0 Å². The molecule has 2 unspecified atom stereocenters. The fraction of sp³-hybridized carbons (Fsp3) is 0.438. The maximum absolute atomic E-state index is 12.1. The van der Waals surface area contributed by atoms with Crippen LogP contribution in [0.5, 0.6) is 0 Å². The summed E-state index contributed by atoms with van der Waals surface area (Å²) in [5, 5.41) is 0.641. The van der Waals surface area contributed by atoms with Crippen molar-refractivity contribution in [2.24, 2.45) is 11.8 Å². The number of esters is 1. The number of allylic oxidation sites excluding steroid dienone is 1. The average Bonchev–Trinajstić information content (AvgIpc) is 2.60. The summed E-state index contributed by atoms with van der Waals surface area (Å²) >= 11 is 6.19. The van der Waals surface area contributed by atoms with E-state index in [0.717, 1.165) is 24.8 Å². The Bertz CT molecular complexity index is 453. The van der Waals surface area contributed by atoms with Crippen LogP contribution in [0.1, 0.15) is 31.7 Å². The number of benzene rings is 1. The summed E-state index contributed by atoms with van der Waals surface area (Å²) in [6.07, 6.45) is 4.71.